The molecule has 4 rings (SSSR count). The smallest absolute Gasteiger partial charge is 0.256 e. The van der Waals surface area contributed by atoms with Gasteiger partial charge < -0.3 is 20.4 Å². The molecule has 0 unspecified atom stereocenters. The number of nitrogens with one attached hydrogen (secondary N) is 1. The molecule has 0 radical (unpaired) electrons. The number of anilines is 2. The molecule has 1 fully saturated rings. The zero-order chi connectivity index (χ0) is 21.5. The highest BCUT2D eigenvalue weighted by Gasteiger charge is 2.27. The number of aliphatic hydroxyl groups is 2. The zero-order valence-corrected chi connectivity index (χ0v) is 17.5. The highest BCUT2D eigenvalue weighted by atomic mass is 16.3. The Bertz CT molecular complexity index is 1070. The summed E-state index contributed by atoms with van der Waals surface area (Å²) in [6, 6.07) is 10.6. The topological polar surface area (TPSA) is 103 Å². The second-order valence-corrected chi connectivity index (χ2v) is 8.32. The van der Waals surface area contributed by atoms with Gasteiger partial charge in [-0.25, -0.2) is 4.98 Å². The molecule has 3 N–H and O–H groups in total. The van der Waals surface area contributed by atoms with Crippen LogP contribution >= 0.6 is 0 Å². The summed E-state index contributed by atoms with van der Waals surface area (Å²) in [5.41, 5.74) is 1.72. The van der Waals surface area contributed by atoms with E-state index in [-0.39, 0.29) is 18.6 Å². The summed E-state index contributed by atoms with van der Waals surface area (Å²) in [7, 11) is 0. The van der Waals surface area contributed by atoms with E-state index in [1.807, 2.05) is 13.0 Å². The quantitative estimate of drug-likeness (QED) is 0.598. The van der Waals surface area contributed by atoms with Crippen molar-refractivity contribution < 1.29 is 15.0 Å². The normalized spacial score (nSPS) is 17.0. The van der Waals surface area contributed by atoms with Crippen LogP contribution in [0.1, 0.15) is 48.3 Å². The predicted octanol–water partition coefficient (Wildman–Crippen LogP) is 2.48. The average molecular weight is 409 g/mol. The van der Waals surface area contributed by atoms with E-state index in [4.69, 9.17) is 0 Å². The van der Waals surface area contributed by atoms with Crippen LogP contribution in [0.2, 0.25) is 0 Å². The maximum atomic E-state index is 12.8. The van der Waals surface area contributed by atoms with Crippen molar-refractivity contribution in [3.05, 3.63) is 53.2 Å². The molecule has 0 bridgehead atoms. The molecule has 1 aliphatic rings. The maximum absolute atomic E-state index is 12.8. The Balaban J connectivity index is 1.65. The van der Waals surface area contributed by atoms with Gasteiger partial charge in [0.25, 0.3) is 5.91 Å². The zero-order valence-electron chi connectivity index (χ0n) is 17.5. The lowest BCUT2D eigenvalue weighted by Crippen LogP contribution is -2.33. The number of amides is 1. The first-order valence-electron chi connectivity index (χ1n) is 10.2. The summed E-state index contributed by atoms with van der Waals surface area (Å²) >= 11 is 0. The predicted molar refractivity (Wildman–Crippen MR) is 115 cm³/mol. The van der Waals surface area contributed by atoms with Gasteiger partial charge in [-0.3, -0.25) is 4.79 Å². The molecule has 8 nitrogen and oxygen atoms in total. The summed E-state index contributed by atoms with van der Waals surface area (Å²) in [5.74, 6) is 0.950. The minimum atomic E-state index is -0.963. The van der Waals surface area contributed by atoms with E-state index in [1.165, 1.54) is 0 Å². The van der Waals surface area contributed by atoms with Gasteiger partial charge >= 0.3 is 0 Å². The second-order valence-electron chi connectivity index (χ2n) is 8.32. The molecule has 2 aromatic heterocycles. The summed E-state index contributed by atoms with van der Waals surface area (Å²) in [6.07, 6.45) is 1.90. The van der Waals surface area contributed by atoms with Gasteiger partial charge in [-0.1, -0.05) is 12.1 Å². The molecule has 0 aliphatic carbocycles. The summed E-state index contributed by atoms with van der Waals surface area (Å²) in [4.78, 5) is 19.4. The molecule has 158 valence electrons. The number of aliphatic hydroxyl groups excluding tert-OH is 1. The third kappa shape index (κ3) is 3.88. The number of benzene rings is 1. The Morgan fingerprint density at radius 3 is 2.67 bits per heavy atom. The standard InChI is InChI=1S/C22H27N5O3/c1-14-11-19-23-18(12-20(27(19)25-14)26-10-4-5-17(26)13-28)24-21(29)15-6-8-16(9-7-15)22(2,3)30/h6-9,11-12,17,28,30H,4-5,10,13H2,1-3H3,(H,23,24,29)/t17-/m0/s1. The third-order valence-electron chi connectivity index (χ3n) is 5.51. The van der Waals surface area contributed by atoms with Crippen molar-refractivity contribution in [1.82, 2.24) is 14.6 Å². The van der Waals surface area contributed by atoms with E-state index in [2.05, 4.69) is 20.3 Å². The van der Waals surface area contributed by atoms with Crippen LogP contribution in [0.15, 0.2) is 36.4 Å². The molecule has 3 heterocycles. The molecule has 8 heteroatoms. The molecule has 0 saturated carbocycles. The number of carbonyl (C=O) groups is 1. The third-order valence-corrected chi connectivity index (χ3v) is 5.51. The molecule has 0 spiro atoms. The molecule has 1 amide bonds. The molecular weight excluding hydrogens is 382 g/mol. The highest BCUT2D eigenvalue weighted by molar-refractivity contribution is 6.04. The van der Waals surface area contributed by atoms with Gasteiger partial charge in [-0.05, 0) is 51.3 Å². The van der Waals surface area contributed by atoms with Gasteiger partial charge in [0.15, 0.2) is 5.65 Å². The van der Waals surface area contributed by atoms with Crippen molar-refractivity contribution in [1.29, 1.82) is 0 Å². The number of rotatable bonds is 5. The molecule has 1 atom stereocenters. The first-order valence-corrected chi connectivity index (χ1v) is 10.2. The van der Waals surface area contributed by atoms with Crippen LogP contribution in [0.3, 0.4) is 0 Å². The van der Waals surface area contributed by atoms with Crippen LogP contribution in [0.4, 0.5) is 11.6 Å². The Kier molecular flexibility index (Phi) is 5.21. The fraction of sp³-hybridized carbons (Fsp3) is 0.409. The fourth-order valence-corrected chi connectivity index (χ4v) is 3.89. The van der Waals surface area contributed by atoms with Crippen molar-refractivity contribution in [2.75, 3.05) is 23.4 Å². The van der Waals surface area contributed by atoms with E-state index in [0.717, 1.165) is 36.5 Å². The maximum Gasteiger partial charge on any atom is 0.256 e. The Hall–Kier alpha value is -2.97. The summed E-state index contributed by atoms with van der Waals surface area (Å²) in [5, 5.41) is 27.2. The number of hydrogen-bond acceptors (Lipinski definition) is 6. The van der Waals surface area contributed by atoms with Crippen LogP contribution in [0.25, 0.3) is 5.65 Å². The first-order chi connectivity index (χ1) is 14.3. The molecule has 3 aromatic rings. The van der Waals surface area contributed by atoms with Gasteiger partial charge in [0, 0.05) is 24.2 Å². The molecule has 1 aromatic carbocycles. The lowest BCUT2D eigenvalue weighted by Gasteiger charge is -2.26. The minimum Gasteiger partial charge on any atom is -0.394 e. The summed E-state index contributed by atoms with van der Waals surface area (Å²) < 4.78 is 1.76. The van der Waals surface area contributed by atoms with Crippen molar-refractivity contribution in [3.8, 4) is 0 Å². The fourth-order valence-electron chi connectivity index (χ4n) is 3.89. The number of aryl methyl sites for hydroxylation is 1. The van der Waals surface area contributed by atoms with E-state index in [1.54, 1.807) is 48.7 Å². The van der Waals surface area contributed by atoms with Crippen LogP contribution in [-0.2, 0) is 5.60 Å². The SMILES string of the molecule is Cc1cc2nc(NC(=O)c3ccc(C(C)(C)O)cc3)cc(N3CCC[C@H]3CO)n2n1. The number of carbonyl (C=O) groups excluding carboxylic acids is 1. The van der Waals surface area contributed by atoms with E-state index < -0.39 is 5.60 Å². The molecular formula is C22H27N5O3. The highest BCUT2D eigenvalue weighted by Crippen LogP contribution is 2.28. The van der Waals surface area contributed by atoms with E-state index >= 15 is 0 Å². The number of fused-ring (bicyclic) bond motifs is 1. The first kappa shape index (κ1) is 20.3. The Morgan fingerprint density at radius 2 is 2.00 bits per heavy atom. The Morgan fingerprint density at radius 1 is 1.27 bits per heavy atom. The van der Waals surface area contributed by atoms with Gasteiger partial charge in [-0.15, -0.1) is 0 Å². The van der Waals surface area contributed by atoms with Gasteiger partial charge in [0.1, 0.15) is 11.6 Å². The Labute approximate surface area is 175 Å². The number of nitrogens with zero attached hydrogens (tertiary/aromatic N) is 4. The van der Waals surface area contributed by atoms with Crippen LogP contribution in [0, 0.1) is 6.92 Å². The largest absolute Gasteiger partial charge is 0.394 e. The van der Waals surface area contributed by atoms with E-state index in [9.17, 15) is 15.0 Å². The van der Waals surface area contributed by atoms with Crippen molar-refractivity contribution in [2.45, 2.75) is 45.3 Å². The van der Waals surface area contributed by atoms with Crippen molar-refractivity contribution in [3.63, 3.8) is 0 Å². The van der Waals surface area contributed by atoms with Crippen LogP contribution in [0.5, 0.6) is 0 Å². The van der Waals surface area contributed by atoms with Crippen molar-refractivity contribution >= 4 is 23.2 Å². The van der Waals surface area contributed by atoms with Crippen LogP contribution < -0.4 is 10.2 Å². The van der Waals surface area contributed by atoms with Gasteiger partial charge in [0.05, 0.1) is 23.9 Å². The minimum absolute atomic E-state index is 0.0260. The lowest BCUT2D eigenvalue weighted by molar-refractivity contribution is 0.0785. The van der Waals surface area contributed by atoms with Crippen molar-refractivity contribution in [2.24, 2.45) is 0 Å². The molecule has 1 aliphatic heterocycles. The second kappa shape index (κ2) is 7.70. The summed E-state index contributed by atoms with van der Waals surface area (Å²) in [6.45, 7) is 6.19. The van der Waals surface area contributed by atoms with Gasteiger partial charge in [0.2, 0.25) is 0 Å². The molecule has 1 saturated heterocycles. The number of aromatic nitrogens is 3. The monoisotopic (exact) mass is 409 g/mol. The molecule has 30 heavy (non-hydrogen) atoms. The van der Waals surface area contributed by atoms with Gasteiger partial charge in [-0.2, -0.15) is 9.61 Å². The average Bonchev–Trinajstić information content (AvgIpc) is 3.32. The number of hydrogen-bond donors (Lipinski definition) is 3. The van der Waals surface area contributed by atoms with Crippen LogP contribution in [-0.4, -0.2) is 49.9 Å². The lowest BCUT2D eigenvalue weighted by atomic mass is 9.97. The van der Waals surface area contributed by atoms with E-state index in [0.29, 0.717) is 17.0 Å².